The number of carboxylic acid groups (broad SMARTS) is 1. The van der Waals surface area contributed by atoms with Gasteiger partial charge in [0.1, 0.15) is 5.00 Å². The minimum atomic E-state index is -4.43. The number of benzene rings is 1. The van der Waals surface area contributed by atoms with Crippen LogP contribution in [-0.4, -0.2) is 16.2 Å². The molecule has 0 aliphatic carbocycles. The predicted molar refractivity (Wildman–Crippen MR) is 72.7 cm³/mol. The molecule has 2 rings (SSSR count). The van der Waals surface area contributed by atoms with Crippen molar-refractivity contribution in [2.75, 3.05) is 5.32 Å². The number of aryl methyl sites for hydroxylation is 1. The van der Waals surface area contributed by atoms with E-state index in [9.17, 15) is 18.0 Å². The summed E-state index contributed by atoms with van der Waals surface area (Å²) in [5.41, 5.74) is -0.145. The molecule has 0 fully saturated rings. The number of hydrogen-bond donors (Lipinski definition) is 2. The smallest absolute Gasteiger partial charge is 0.416 e. The molecule has 0 spiro atoms. The molecule has 4 nitrogen and oxygen atoms in total. The largest absolute Gasteiger partial charge is 0.465 e. The van der Waals surface area contributed by atoms with Crippen LogP contribution < -0.4 is 5.32 Å². The second kappa shape index (κ2) is 5.72. The highest BCUT2D eigenvalue weighted by Gasteiger charge is 2.33. The highest BCUT2D eigenvalue weighted by molar-refractivity contribution is 7.16. The van der Waals surface area contributed by atoms with Crippen LogP contribution in [0.3, 0.4) is 0 Å². The summed E-state index contributed by atoms with van der Waals surface area (Å²) in [6.45, 7) is 1.60. The van der Waals surface area contributed by atoms with E-state index in [1.165, 1.54) is 18.2 Å². The van der Waals surface area contributed by atoms with Crippen molar-refractivity contribution in [3.05, 3.63) is 46.1 Å². The third-order valence-corrected chi connectivity index (χ3v) is 3.80. The summed E-state index contributed by atoms with van der Waals surface area (Å²) < 4.78 is 38.7. The Kier molecular flexibility index (Phi) is 4.17. The van der Waals surface area contributed by atoms with Crippen molar-refractivity contribution >= 4 is 22.4 Å². The summed E-state index contributed by atoms with van der Waals surface area (Å²) in [6.07, 6.45) is -5.66. The van der Waals surface area contributed by atoms with Gasteiger partial charge in [-0.1, -0.05) is 18.2 Å². The standard InChI is InChI=1S/C13H11F3N2O2S/c1-7-11(18-12(19)20)21-10(17-7)6-8-4-2-3-5-9(8)13(14,15)16/h2-5,18H,6H2,1H3,(H,19,20). The number of amides is 1. The number of rotatable bonds is 3. The maximum atomic E-state index is 12.9. The van der Waals surface area contributed by atoms with E-state index in [0.717, 1.165) is 17.4 Å². The van der Waals surface area contributed by atoms with E-state index in [-0.39, 0.29) is 12.0 Å². The van der Waals surface area contributed by atoms with E-state index in [1.807, 2.05) is 0 Å². The van der Waals surface area contributed by atoms with Crippen molar-refractivity contribution in [2.24, 2.45) is 0 Å². The average Bonchev–Trinajstić information content (AvgIpc) is 2.68. The van der Waals surface area contributed by atoms with Gasteiger partial charge < -0.3 is 5.11 Å². The molecule has 1 amide bonds. The highest BCUT2D eigenvalue weighted by atomic mass is 32.1. The molecule has 0 aliphatic heterocycles. The van der Waals surface area contributed by atoms with E-state index in [0.29, 0.717) is 15.7 Å². The van der Waals surface area contributed by atoms with E-state index < -0.39 is 17.8 Å². The van der Waals surface area contributed by atoms with Crippen LogP contribution >= 0.6 is 11.3 Å². The summed E-state index contributed by atoms with van der Waals surface area (Å²) in [7, 11) is 0. The van der Waals surface area contributed by atoms with Gasteiger partial charge in [-0.15, -0.1) is 11.3 Å². The first-order chi connectivity index (χ1) is 9.77. The van der Waals surface area contributed by atoms with Gasteiger partial charge in [0, 0.05) is 6.42 Å². The van der Waals surface area contributed by atoms with Crippen LogP contribution in [0, 0.1) is 6.92 Å². The van der Waals surface area contributed by atoms with Crippen molar-refractivity contribution in [3.8, 4) is 0 Å². The number of carbonyl (C=O) groups is 1. The van der Waals surface area contributed by atoms with E-state index in [4.69, 9.17) is 5.11 Å². The number of hydrogen-bond acceptors (Lipinski definition) is 3. The molecule has 112 valence electrons. The average molecular weight is 316 g/mol. The van der Waals surface area contributed by atoms with Crippen molar-refractivity contribution in [1.29, 1.82) is 0 Å². The highest BCUT2D eigenvalue weighted by Crippen LogP contribution is 2.34. The summed E-state index contributed by atoms with van der Waals surface area (Å²) in [5, 5.41) is 11.6. The Bertz CT molecular complexity index is 668. The Balaban J connectivity index is 2.29. The molecule has 0 radical (unpaired) electrons. The fourth-order valence-corrected chi connectivity index (χ4v) is 2.83. The van der Waals surface area contributed by atoms with Gasteiger partial charge in [0.2, 0.25) is 0 Å². The minimum absolute atomic E-state index is 0.00247. The fraction of sp³-hybridized carbons (Fsp3) is 0.231. The van der Waals surface area contributed by atoms with Crippen LogP contribution in [0.25, 0.3) is 0 Å². The number of nitrogens with one attached hydrogen (secondary N) is 1. The topological polar surface area (TPSA) is 62.2 Å². The van der Waals surface area contributed by atoms with Crippen molar-refractivity contribution < 1.29 is 23.1 Å². The molecule has 0 atom stereocenters. The Labute approximate surface area is 122 Å². The lowest BCUT2D eigenvalue weighted by atomic mass is 10.0. The zero-order valence-electron chi connectivity index (χ0n) is 10.9. The third-order valence-electron chi connectivity index (χ3n) is 2.73. The molecule has 0 bridgehead atoms. The quantitative estimate of drug-likeness (QED) is 0.894. The van der Waals surface area contributed by atoms with Crippen LogP contribution in [-0.2, 0) is 12.6 Å². The lowest BCUT2D eigenvalue weighted by Crippen LogP contribution is -2.09. The molecule has 2 aromatic rings. The molecular weight excluding hydrogens is 305 g/mol. The van der Waals surface area contributed by atoms with Crippen molar-refractivity contribution in [1.82, 2.24) is 4.98 Å². The number of aromatic nitrogens is 1. The second-order valence-electron chi connectivity index (χ2n) is 4.28. The first-order valence-electron chi connectivity index (χ1n) is 5.88. The van der Waals surface area contributed by atoms with Crippen LogP contribution in [0.2, 0.25) is 0 Å². The normalized spacial score (nSPS) is 11.4. The Morgan fingerprint density at radius 3 is 2.67 bits per heavy atom. The monoisotopic (exact) mass is 316 g/mol. The SMILES string of the molecule is Cc1nc(Cc2ccccc2C(F)(F)F)sc1NC(=O)O. The number of alkyl halides is 3. The van der Waals surface area contributed by atoms with Gasteiger partial charge in [-0.05, 0) is 18.6 Å². The molecule has 8 heteroatoms. The van der Waals surface area contributed by atoms with Gasteiger partial charge in [-0.2, -0.15) is 13.2 Å². The molecular formula is C13H11F3N2O2S. The Morgan fingerprint density at radius 2 is 2.05 bits per heavy atom. The maximum absolute atomic E-state index is 12.9. The summed E-state index contributed by atoms with van der Waals surface area (Å²) in [6, 6.07) is 5.27. The lowest BCUT2D eigenvalue weighted by molar-refractivity contribution is -0.138. The summed E-state index contributed by atoms with van der Waals surface area (Å²) in [4.78, 5) is 14.7. The molecule has 0 saturated heterocycles. The van der Waals surface area contributed by atoms with Crippen molar-refractivity contribution in [3.63, 3.8) is 0 Å². The number of anilines is 1. The molecule has 0 aliphatic rings. The third kappa shape index (κ3) is 3.72. The summed E-state index contributed by atoms with van der Waals surface area (Å²) >= 11 is 1.03. The lowest BCUT2D eigenvalue weighted by Gasteiger charge is -2.11. The molecule has 0 saturated carbocycles. The van der Waals surface area contributed by atoms with Crippen LogP contribution in [0.15, 0.2) is 24.3 Å². The molecule has 0 unspecified atom stereocenters. The molecule has 1 aromatic heterocycles. The first-order valence-corrected chi connectivity index (χ1v) is 6.70. The van der Waals surface area contributed by atoms with E-state index in [2.05, 4.69) is 10.3 Å². The van der Waals surface area contributed by atoms with Crippen LogP contribution in [0.1, 0.15) is 21.8 Å². The van der Waals surface area contributed by atoms with Gasteiger partial charge in [-0.25, -0.2) is 9.78 Å². The van der Waals surface area contributed by atoms with Gasteiger partial charge in [0.05, 0.1) is 16.3 Å². The van der Waals surface area contributed by atoms with Gasteiger partial charge in [-0.3, -0.25) is 5.32 Å². The molecule has 2 N–H and O–H groups in total. The van der Waals surface area contributed by atoms with Gasteiger partial charge in [0.15, 0.2) is 0 Å². The number of nitrogens with zero attached hydrogens (tertiary/aromatic N) is 1. The predicted octanol–water partition coefficient (Wildman–Crippen LogP) is 4.15. The Morgan fingerprint density at radius 1 is 1.38 bits per heavy atom. The molecule has 1 heterocycles. The van der Waals surface area contributed by atoms with E-state index >= 15 is 0 Å². The minimum Gasteiger partial charge on any atom is -0.465 e. The number of thiazole rings is 1. The zero-order chi connectivity index (χ0) is 15.6. The van der Waals surface area contributed by atoms with Crippen molar-refractivity contribution in [2.45, 2.75) is 19.5 Å². The van der Waals surface area contributed by atoms with Gasteiger partial charge in [0.25, 0.3) is 0 Å². The fourth-order valence-electron chi connectivity index (χ4n) is 1.85. The molecule has 21 heavy (non-hydrogen) atoms. The zero-order valence-corrected chi connectivity index (χ0v) is 11.7. The number of halogens is 3. The first kappa shape index (κ1) is 15.3. The summed E-state index contributed by atoms with van der Waals surface area (Å²) in [5.74, 6) is 0. The molecule has 1 aromatic carbocycles. The second-order valence-corrected chi connectivity index (χ2v) is 5.37. The van der Waals surface area contributed by atoms with E-state index in [1.54, 1.807) is 6.92 Å². The Hall–Kier alpha value is -2.09. The van der Waals surface area contributed by atoms with Crippen LogP contribution in [0.4, 0.5) is 23.0 Å². The van der Waals surface area contributed by atoms with Gasteiger partial charge >= 0.3 is 12.3 Å². The van der Waals surface area contributed by atoms with Crippen LogP contribution in [0.5, 0.6) is 0 Å². The maximum Gasteiger partial charge on any atom is 0.416 e.